The standard InChI is InChI=1S/C9H15NO4/c1-7(2)9(12)14-6-5-13-8(11)3-4-10/h1,3-6,10H2,2H3. The monoisotopic (exact) mass is 201 g/mol. The van der Waals surface area contributed by atoms with Gasteiger partial charge >= 0.3 is 11.9 Å². The van der Waals surface area contributed by atoms with Gasteiger partial charge in [-0.25, -0.2) is 4.79 Å². The van der Waals surface area contributed by atoms with Crippen molar-refractivity contribution < 1.29 is 19.1 Å². The van der Waals surface area contributed by atoms with Crippen molar-refractivity contribution in [2.45, 2.75) is 13.3 Å². The van der Waals surface area contributed by atoms with E-state index in [2.05, 4.69) is 16.1 Å². The molecule has 2 N–H and O–H groups in total. The molecular weight excluding hydrogens is 186 g/mol. The molecular formula is C9H15NO4. The lowest BCUT2D eigenvalue weighted by Gasteiger charge is -2.05. The first-order valence-electron chi connectivity index (χ1n) is 4.26. The topological polar surface area (TPSA) is 78.6 Å². The first-order valence-corrected chi connectivity index (χ1v) is 4.26. The van der Waals surface area contributed by atoms with Crippen LogP contribution in [0.3, 0.4) is 0 Å². The Morgan fingerprint density at radius 3 is 2.36 bits per heavy atom. The van der Waals surface area contributed by atoms with Crippen molar-refractivity contribution >= 4 is 11.9 Å². The summed E-state index contributed by atoms with van der Waals surface area (Å²) in [6.45, 7) is 5.30. The molecule has 0 aliphatic rings. The summed E-state index contributed by atoms with van der Waals surface area (Å²) < 4.78 is 9.37. The second-order valence-corrected chi connectivity index (χ2v) is 2.68. The van der Waals surface area contributed by atoms with Crippen LogP contribution in [0.1, 0.15) is 13.3 Å². The van der Waals surface area contributed by atoms with Gasteiger partial charge in [0.1, 0.15) is 13.2 Å². The predicted octanol–water partition coefficient (Wildman–Crippen LogP) is -0.00230. The van der Waals surface area contributed by atoms with Crippen LogP contribution in [0.5, 0.6) is 0 Å². The van der Waals surface area contributed by atoms with Crippen LogP contribution in [0.15, 0.2) is 12.2 Å². The lowest BCUT2D eigenvalue weighted by molar-refractivity contribution is -0.149. The number of carbonyl (C=O) groups is 2. The molecule has 0 radical (unpaired) electrons. The first-order chi connectivity index (χ1) is 6.57. The SMILES string of the molecule is C=C(C)C(=O)OCCOC(=O)CCN. The number of carbonyl (C=O) groups excluding carboxylic acids is 2. The van der Waals surface area contributed by atoms with Crippen molar-refractivity contribution in [2.24, 2.45) is 5.73 Å². The molecule has 0 aromatic rings. The molecule has 0 heterocycles. The normalized spacial score (nSPS) is 9.29. The van der Waals surface area contributed by atoms with E-state index >= 15 is 0 Å². The van der Waals surface area contributed by atoms with Crippen LogP contribution in [0, 0.1) is 0 Å². The van der Waals surface area contributed by atoms with Gasteiger partial charge in [0.25, 0.3) is 0 Å². The largest absolute Gasteiger partial charge is 0.462 e. The van der Waals surface area contributed by atoms with Gasteiger partial charge in [0.2, 0.25) is 0 Å². The van der Waals surface area contributed by atoms with Gasteiger partial charge in [-0.2, -0.15) is 0 Å². The number of esters is 2. The third-order valence-electron chi connectivity index (χ3n) is 1.28. The fourth-order valence-corrected chi connectivity index (χ4v) is 0.603. The second-order valence-electron chi connectivity index (χ2n) is 2.68. The number of rotatable bonds is 6. The van der Waals surface area contributed by atoms with E-state index < -0.39 is 5.97 Å². The number of hydrogen-bond donors (Lipinski definition) is 1. The Morgan fingerprint density at radius 2 is 1.86 bits per heavy atom. The van der Waals surface area contributed by atoms with Gasteiger partial charge in [0.15, 0.2) is 0 Å². The molecule has 0 rings (SSSR count). The molecule has 14 heavy (non-hydrogen) atoms. The van der Waals surface area contributed by atoms with Gasteiger partial charge in [-0.15, -0.1) is 0 Å². The maximum atomic E-state index is 10.8. The van der Waals surface area contributed by atoms with Crippen LogP contribution >= 0.6 is 0 Å². The minimum Gasteiger partial charge on any atom is -0.462 e. The summed E-state index contributed by atoms with van der Waals surface area (Å²) in [6, 6.07) is 0. The van der Waals surface area contributed by atoms with Gasteiger partial charge in [-0.1, -0.05) is 6.58 Å². The Morgan fingerprint density at radius 1 is 1.29 bits per heavy atom. The molecule has 0 unspecified atom stereocenters. The minimum absolute atomic E-state index is 0.0437. The van der Waals surface area contributed by atoms with Crippen molar-refractivity contribution in [3.63, 3.8) is 0 Å². The Bertz CT molecular complexity index is 225. The first kappa shape index (κ1) is 12.6. The van der Waals surface area contributed by atoms with Crippen molar-refractivity contribution in [2.75, 3.05) is 19.8 Å². The third kappa shape index (κ3) is 6.19. The van der Waals surface area contributed by atoms with Gasteiger partial charge in [0.05, 0.1) is 6.42 Å². The fraction of sp³-hybridized carbons (Fsp3) is 0.556. The average Bonchev–Trinajstić information content (AvgIpc) is 2.12. The molecule has 0 aliphatic carbocycles. The molecule has 0 aromatic heterocycles. The minimum atomic E-state index is -0.486. The highest BCUT2D eigenvalue weighted by atomic mass is 16.6. The van der Waals surface area contributed by atoms with Crippen LogP contribution in [-0.4, -0.2) is 31.7 Å². The molecule has 0 fully saturated rings. The molecule has 0 bridgehead atoms. The highest BCUT2D eigenvalue weighted by Gasteiger charge is 2.04. The van der Waals surface area contributed by atoms with Crippen LogP contribution in [0.4, 0.5) is 0 Å². The molecule has 0 spiro atoms. The summed E-state index contributed by atoms with van der Waals surface area (Å²) in [7, 11) is 0. The molecule has 0 aromatic carbocycles. The van der Waals surface area contributed by atoms with E-state index in [1.807, 2.05) is 0 Å². The lowest BCUT2D eigenvalue weighted by Crippen LogP contribution is -2.16. The van der Waals surface area contributed by atoms with Crippen molar-refractivity contribution in [1.82, 2.24) is 0 Å². The van der Waals surface area contributed by atoms with Gasteiger partial charge in [-0.05, 0) is 6.92 Å². The quantitative estimate of drug-likeness (QED) is 0.371. The fourth-order valence-electron chi connectivity index (χ4n) is 0.603. The summed E-state index contributed by atoms with van der Waals surface area (Å²) in [5.74, 6) is -0.876. The van der Waals surface area contributed by atoms with Crippen molar-refractivity contribution in [3.8, 4) is 0 Å². The van der Waals surface area contributed by atoms with Crippen molar-refractivity contribution in [1.29, 1.82) is 0 Å². The Kier molecular flexibility index (Phi) is 6.39. The third-order valence-corrected chi connectivity index (χ3v) is 1.28. The maximum absolute atomic E-state index is 10.8. The van der Waals surface area contributed by atoms with Gasteiger partial charge in [-0.3, -0.25) is 4.79 Å². The molecule has 0 atom stereocenters. The van der Waals surface area contributed by atoms with Gasteiger partial charge in [0, 0.05) is 12.1 Å². The van der Waals surface area contributed by atoms with E-state index in [1.165, 1.54) is 0 Å². The lowest BCUT2D eigenvalue weighted by atomic mass is 10.4. The maximum Gasteiger partial charge on any atom is 0.333 e. The highest BCUT2D eigenvalue weighted by molar-refractivity contribution is 5.86. The van der Waals surface area contributed by atoms with Crippen LogP contribution in [-0.2, 0) is 19.1 Å². The summed E-state index contributed by atoms with van der Waals surface area (Å²) in [4.78, 5) is 21.6. The molecule has 80 valence electrons. The highest BCUT2D eigenvalue weighted by Crippen LogP contribution is 1.92. The number of nitrogens with two attached hydrogens (primary N) is 1. The molecule has 5 heteroatoms. The van der Waals surface area contributed by atoms with Crippen LogP contribution in [0.25, 0.3) is 0 Å². The van der Waals surface area contributed by atoms with Crippen molar-refractivity contribution in [3.05, 3.63) is 12.2 Å². The molecule has 0 saturated heterocycles. The zero-order valence-electron chi connectivity index (χ0n) is 8.25. The second kappa shape index (κ2) is 7.08. The van der Waals surface area contributed by atoms with Gasteiger partial charge < -0.3 is 15.2 Å². The van der Waals surface area contributed by atoms with E-state index in [9.17, 15) is 9.59 Å². The molecule has 0 aliphatic heterocycles. The predicted molar refractivity (Wildman–Crippen MR) is 50.4 cm³/mol. The van der Waals surface area contributed by atoms with Crippen LogP contribution in [0.2, 0.25) is 0 Å². The summed E-state index contributed by atoms with van der Waals surface area (Å²) in [5.41, 5.74) is 5.44. The Hall–Kier alpha value is -1.36. The van der Waals surface area contributed by atoms with E-state index in [0.29, 0.717) is 5.57 Å². The number of ether oxygens (including phenoxy) is 2. The summed E-state index contributed by atoms with van der Waals surface area (Å²) in [5, 5.41) is 0. The van der Waals surface area contributed by atoms with E-state index in [4.69, 9.17) is 5.73 Å². The van der Waals surface area contributed by atoms with E-state index in [1.54, 1.807) is 6.92 Å². The smallest absolute Gasteiger partial charge is 0.333 e. The van der Waals surface area contributed by atoms with E-state index in [0.717, 1.165) is 0 Å². The number of hydrogen-bond acceptors (Lipinski definition) is 5. The summed E-state index contributed by atoms with van der Waals surface area (Å²) in [6.07, 6.45) is 0.175. The zero-order chi connectivity index (χ0) is 11.0. The molecule has 0 saturated carbocycles. The molecule has 0 amide bonds. The Balaban J connectivity index is 3.42. The summed E-state index contributed by atoms with van der Waals surface area (Å²) >= 11 is 0. The zero-order valence-corrected chi connectivity index (χ0v) is 8.25. The van der Waals surface area contributed by atoms with E-state index in [-0.39, 0.29) is 32.1 Å². The Labute approximate surface area is 82.9 Å². The average molecular weight is 201 g/mol. The molecule has 5 nitrogen and oxygen atoms in total. The van der Waals surface area contributed by atoms with Crippen LogP contribution < -0.4 is 5.73 Å².